The average molecular weight is 567 g/mol. The summed E-state index contributed by atoms with van der Waals surface area (Å²) >= 11 is 0. The number of hydrogen-bond acceptors (Lipinski definition) is 6. The molecule has 2 heterocycles. The van der Waals surface area contributed by atoms with Crippen molar-refractivity contribution in [2.45, 2.75) is 25.5 Å². The van der Waals surface area contributed by atoms with Crippen LogP contribution in [0.25, 0.3) is 39.6 Å². The number of rotatable bonds is 10. The molecule has 0 spiro atoms. The Kier molecular flexibility index (Phi) is 7.34. The SMILES string of the molecule is C=C[n+]1c(CC2Oc3ccc(-c4ccccc4)cc3N2CCCCS(=O)(=O)[O-])oc2ccc(-c3ccccc3)cc21. The largest absolute Gasteiger partial charge is 0.748 e. The first kappa shape index (κ1) is 26.8. The molecule has 1 aliphatic heterocycles. The lowest BCUT2D eigenvalue weighted by atomic mass is 10.0. The van der Waals surface area contributed by atoms with Gasteiger partial charge in [0.25, 0.3) is 5.52 Å². The second-order valence-corrected chi connectivity index (χ2v) is 11.6. The second kappa shape index (κ2) is 11.2. The molecule has 0 fully saturated rings. The van der Waals surface area contributed by atoms with Crippen molar-refractivity contribution in [3.05, 3.63) is 110 Å². The van der Waals surface area contributed by atoms with Crippen LogP contribution in [0.4, 0.5) is 5.69 Å². The third-order valence-corrected chi connectivity index (χ3v) is 8.17. The van der Waals surface area contributed by atoms with E-state index in [1.807, 2.05) is 65.2 Å². The maximum absolute atomic E-state index is 11.2. The van der Waals surface area contributed by atoms with E-state index in [1.165, 1.54) is 0 Å². The lowest BCUT2D eigenvalue weighted by Gasteiger charge is -2.24. The van der Waals surface area contributed by atoms with Crippen LogP contribution in [0.3, 0.4) is 0 Å². The standard InChI is InChI=1S/C33H30N2O5S/c1-2-34-28-21-26(24-11-5-3-6-12-24)15-17-30(28)39-32(34)23-33-35(19-9-10-20-41(36,37)38)29-22-27(16-18-31(29)40-33)25-13-7-4-8-14-25/h2-8,11-18,21-22,33H,1,9-10,19-20,23H2. The molecule has 0 amide bonds. The van der Waals surface area contributed by atoms with Crippen LogP contribution in [0.5, 0.6) is 5.75 Å². The van der Waals surface area contributed by atoms with E-state index < -0.39 is 10.1 Å². The normalized spacial score (nSPS) is 14.7. The summed E-state index contributed by atoms with van der Waals surface area (Å²) in [7, 11) is -4.26. The molecule has 1 atom stereocenters. The lowest BCUT2D eigenvalue weighted by molar-refractivity contribution is -0.556. The van der Waals surface area contributed by atoms with Crippen molar-refractivity contribution in [1.82, 2.24) is 0 Å². The van der Waals surface area contributed by atoms with Crippen molar-refractivity contribution in [1.29, 1.82) is 0 Å². The molecule has 5 aromatic rings. The van der Waals surface area contributed by atoms with Crippen LogP contribution in [-0.2, 0) is 16.5 Å². The molecule has 0 bridgehead atoms. The number of hydrogen-bond donors (Lipinski definition) is 0. The van der Waals surface area contributed by atoms with E-state index in [0.29, 0.717) is 25.3 Å². The number of ether oxygens (including phenoxy) is 1. The van der Waals surface area contributed by atoms with Gasteiger partial charge in [0.1, 0.15) is 12.2 Å². The van der Waals surface area contributed by atoms with Gasteiger partial charge in [-0.15, -0.1) is 4.57 Å². The molecular formula is C33H30N2O5S. The Hall–Kier alpha value is -4.40. The molecule has 208 valence electrons. The highest BCUT2D eigenvalue weighted by Gasteiger charge is 2.35. The summed E-state index contributed by atoms with van der Waals surface area (Å²) in [5.74, 6) is 1.06. The fourth-order valence-electron chi connectivity index (χ4n) is 5.40. The summed E-state index contributed by atoms with van der Waals surface area (Å²) in [5.41, 5.74) is 6.91. The highest BCUT2D eigenvalue weighted by molar-refractivity contribution is 7.85. The van der Waals surface area contributed by atoms with E-state index >= 15 is 0 Å². The van der Waals surface area contributed by atoms with E-state index in [-0.39, 0.29) is 18.4 Å². The molecule has 1 unspecified atom stereocenters. The first-order valence-electron chi connectivity index (χ1n) is 13.6. The molecule has 0 N–H and O–H groups in total. The van der Waals surface area contributed by atoms with E-state index in [1.54, 1.807) is 6.20 Å². The van der Waals surface area contributed by atoms with Crippen LogP contribution in [0, 0.1) is 0 Å². The minimum absolute atomic E-state index is 0.280. The Labute approximate surface area is 239 Å². The molecule has 6 rings (SSSR count). The van der Waals surface area contributed by atoms with E-state index in [9.17, 15) is 13.0 Å². The first-order chi connectivity index (χ1) is 19.9. The number of aromatic nitrogens is 1. The molecule has 0 saturated carbocycles. The van der Waals surface area contributed by atoms with Gasteiger partial charge in [-0.25, -0.2) is 8.42 Å². The summed E-state index contributed by atoms with van der Waals surface area (Å²) in [6.45, 7) is 4.57. The third-order valence-electron chi connectivity index (χ3n) is 7.38. The highest BCUT2D eigenvalue weighted by atomic mass is 32.2. The number of benzene rings is 4. The van der Waals surface area contributed by atoms with Gasteiger partial charge in [-0.3, -0.25) is 0 Å². The van der Waals surface area contributed by atoms with Gasteiger partial charge in [0.2, 0.25) is 5.58 Å². The fraction of sp³-hybridized carbons (Fsp3) is 0.182. The minimum Gasteiger partial charge on any atom is -0.748 e. The van der Waals surface area contributed by atoms with Gasteiger partial charge in [0.15, 0.2) is 12.4 Å². The zero-order valence-electron chi connectivity index (χ0n) is 22.5. The van der Waals surface area contributed by atoms with Gasteiger partial charge < -0.3 is 18.6 Å². The molecule has 0 saturated heterocycles. The van der Waals surface area contributed by atoms with Crippen LogP contribution < -0.4 is 14.2 Å². The fourth-order valence-corrected chi connectivity index (χ4v) is 5.95. The van der Waals surface area contributed by atoms with Crippen LogP contribution in [0.15, 0.2) is 108 Å². The zero-order chi connectivity index (χ0) is 28.4. The molecule has 1 aliphatic rings. The van der Waals surface area contributed by atoms with Crippen molar-refractivity contribution in [2.75, 3.05) is 17.2 Å². The molecular weight excluding hydrogens is 536 g/mol. The van der Waals surface area contributed by atoms with Crippen molar-refractivity contribution in [2.24, 2.45) is 0 Å². The quantitative estimate of drug-likeness (QED) is 0.113. The van der Waals surface area contributed by atoms with Crippen molar-refractivity contribution in [3.63, 3.8) is 0 Å². The Balaban J connectivity index is 1.32. The molecule has 7 nitrogen and oxygen atoms in total. The van der Waals surface area contributed by atoms with Crippen LogP contribution in [0.2, 0.25) is 0 Å². The van der Waals surface area contributed by atoms with Gasteiger partial charge in [-0.2, -0.15) is 0 Å². The summed E-state index contributed by atoms with van der Waals surface area (Å²) in [5, 5.41) is 0. The minimum atomic E-state index is -4.26. The topological polar surface area (TPSA) is 86.7 Å². The smallest absolute Gasteiger partial charge is 0.359 e. The Morgan fingerprint density at radius 1 is 0.854 bits per heavy atom. The molecule has 1 aromatic heterocycles. The summed E-state index contributed by atoms with van der Waals surface area (Å²) in [4.78, 5) is 2.13. The van der Waals surface area contributed by atoms with Gasteiger partial charge in [0, 0.05) is 18.4 Å². The molecule has 41 heavy (non-hydrogen) atoms. The highest BCUT2D eigenvalue weighted by Crippen LogP contribution is 2.41. The summed E-state index contributed by atoms with van der Waals surface area (Å²) < 4.78 is 48.3. The molecule has 0 aliphatic carbocycles. The van der Waals surface area contributed by atoms with Crippen LogP contribution in [-0.4, -0.2) is 31.5 Å². The van der Waals surface area contributed by atoms with E-state index in [2.05, 4.69) is 47.9 Å². The Morgan fingerprint density at radius 3 is 2.17 bits per heavy atom. The monoisotopic (exact) mass is 566 g/mol. The maximum atomic E-state index is 11.2. The van der Waals surface area contributed by atoms with Crippen LogP contribution in [0.1, 0.15) is 18.7 Å². The van der Waals surface area contributed by atoms with Gasteiger partial charge in [-0.1, -0.05) is 72.8 Å². The molecule has 8 heteroatoms. The van der Waals surface area contributed by atoms with Gasteiger partial charge >= 0.3 is 5.89 Å². The Bertz CT molecular complexity index is 1800. The number of fused-ring (bicyclic) bond motifs is 2. The van der Waals surface area contributed by atoms with E-state index in [0.717, 1.165) is 44.8 Å². The molecule has 0 radical (unpaired) electrons. The van der Waals surface area contributed by atoms with Crippen molar-refractivity contribution >= 4 is 33.1 Å². The third kappa shape index (κ3) is 5.75. The number of anilines is 1. The number of unbranched alkanes of at least 4 members (excludes halogenated alkanes) is 1. The van der Waals surface area contributed by atoms with Crippen molar-refractivity contribution < 1.29 is 26.7 Å². The second-order valence-electron chi connectivity index (χ2n) is 10.1. The summed E-state index contributed by atoms with van der Waals surface area (Å²) in [6.07, 6.45) is 2.59. The summed E-state index contributed by atoms with van der Waals surface area (Å²) in [6, 6.07) is 32.5. The van der Waals surface area contributed by atoms with E-state index in [4.69, 9.17) is 9.15 Å². The lowest BCUT2D eigenvalue weighted by Crippen LogP contribution is -2.41. The van der Waals surface area contributed by atoms with Gasteiger partial charge in [-0.05, 0) is 59.9 Å². The number of nitrogens with zero attached hydrogens (tertiary/aromatic N) is 2. The predicted molar refractivity (Wildman–Crippen MR) is 159 cm³/mol. The predicted octanol–water partition coefficient (Wildman–Crippen LogP) is 6.25. The molecule has 4 aromatic carbocycles. The first-order valence-corrected chi connectivity index (χ1v) is 15.2. The van der Waals surface area contributed by atoms with Gasteiger partial charge in [0.05, 0.1) is 15.8 Å². The number of oxazole rings is 1. The average Bonchev–Trinajstić information content (AvgIpc) is 3.51. The van der Waals surface area contributed by atoms with Crippen LogP contribution >= 0.6 is 0 Å². The maximum Gasteiger partial charge on any atom is 0.359 e. The zero-order valence-corrected chi connectivity index (χ0v) is 23.3. The Morgan fingerprint density at radius 2 is 1.51 bits per heavy atom. The van der Waals surface area contributed by atoms with Crippen molar-refractivity contribution in [3.8, 4) is 28.0 Å².